The zero-order chi connectivity index (χ0) is 15.4. The summed E-state index contributed by atoms with van der Waals surface area (Å²) in [4.78, 5) is 8.50. The summed E-state index contributed by atoms with van der Waals surface area (Å²) in [7, 11) is 1.99. The molecule has 114 valence electrons. The molecule has 0 aliphatic carbocycles. The van der Waals surface area contributed by atoms with Crippen molar-refractivity contribution in [1.29, 1.82) is 5.26 Å². The molecule has 0 spiro atoms. The van der Waals surface area contributed by atoms with Gasteiger partial charge in [0.05, 0.1) is 17.4 Å². The van der Waals surface area contributed by atoms with Crippen LogP contribution in [0.4, 0.5) is 5.69 Å². The number of anilines is 1. The molecule has 1 saturated heterocycles. The summed E-state index contributed by atoms with van der Waals surface area (Å²) in [6.07, 6.45) is 9.17. The van der Waals surface area contributed by atoms with Crippen molar-refractivity contribution in [3.63, 3.8) is 0 Å². The lowest BCUT2D eigenvalue weighted by Crippen LogP contribution is -2.30. The Bertz CT molecular complexity index is 675. The molecule has 6 nitrogen and oxygen atoms in total. The second kappa shape index (κ2) is 6.58. The molecule has 1 aliphatic heterocycles. The van der Waals surface area contributed by atoms with Gasteiger partial charge in [0.15, 0.2) is 0 Å². The van der Waals surface area contributed by atoms with Gasteiger partial charge in [-0.2, -0.15) is 5.26 Å². The minimum Gasteiger partial charge on any atom is -0.382 e. The van der Waals surface area contributed by atoms with Gasteiger partial charge in [-0.25, -0.2) is 4.98 Å². The predicted octanol–water partition coefficient (Wildman–Crippen LogP) is 2.27. The van der Waals surface area contributed by atoms with Gasteiger partial charge in [-0.05, 0) is 18.9 Å². The highest BCUT2D eigenvalue weighted by atomic mass is 16.5. The van der Waals surface area contributed by atoms with Crippen LogP contribution in [0.3, 0.4) is 0 Å². The maximum Gasteiger partial charge on any atom is 0.138 e. The summed E-state index contributed by atoms with van der Waals surface area (Å²) in [5.41, 5.74) is 1.38. The van der Waals surface area contributed by atoms with E-state index in [2.05, 4.69) is 21.4 Å². The molecule has 2 aromatic heterocycles. The number of nitrogens with one attached hydrogen (secondary N) is 1. The minimum absolute atomic E-state index is 0.0107. The molecule has 3 heterocycles. The Labute approximate surface area is 129 Å². The van der Waals surface area contributed by atoms with Gasteiger partial charge in [0.2, 0.25) is 0 Å². The lowest BCUT2D eigenvalue weighted by Gasteiger charge is -2.31. The molecule has 0 amide bonds. The Morgan fingerprint density at radius 3 is 3.18 bits per heavy atom. The number of ether oxygens (including phenoxy) is 1. The van der Waals surface area contributed by atoms with E-state index in [-0.39, 0.29) is 6.10 Å². The van der Waals surface area contributed by atoms with Crippen molar-refractivity contribution in [2.75, 3.05) is 18.5 Å². The number of imidazole rings is 1. The van der Waals surface area contributed by atoms with Gasteiger partial charge in [0.1, 0.15) is 18.0 Å². The third-order valence-corrected chi connectivity index (χ3v) is 4.05. The van der Waals surface area contributed by atoms with Crippen molar-refractivity contribution in [3.8, 4) is 6.07 Å². The molecular formula is C16H19N5O. The summed E-state index contributed by atoms with van der Waals surface area (Å²) in [6, 6.07) is 3.90. The standard InChI is InChI=1S/C16H19N5O/c1-21-7-6-19-16(21)15-13(3-2-8-22-15)10-20-14-11-18-5-4-12(14)9-17/h4-7,11,13,15,20H,2-3,8,10H2,1H3/t13-,15+/m0/s1. The molecule has 1 N–H and O–H groups in total. The highest BCUT2D eigenvalue weighted by Crippen LogP contribution is 2.32. The SMILES string of the molecule is Cn1ccnc1[C@@H]1OCCC[C@H]1CNc1cnccc1C#N. The van der Waals surface area contributed by atoms with Gasteiger partial charge in [0.25, 0.3) is 0 Å². The molecule has 2 atom stereocenters. The van der Waals surface area contributed by atoms with Crippen molar-refractivity contribution in [2.24, 2.45) is 13.0 Å². The predicted molar refractivity (Wildman–Crippen MR) is 82.1 cm³/mol. The molecule has 0 saturated carbocycles. The molecule has 1 fully saturated rings. The summed E-state index contributed by atoms with van der Waals surface area (Å²) >= 11 is 0. The molecule has 0 radical (unpaired) electrons. The molecule has 0 bridgehead atoms. The van der Waals surface area contributed by atoms with Crippen molar-refractivity contribution < 1.29 is 4.74 Å². The van der Waals surface area contributed by atoms with Crippen LogP contribution in [0.1, 0.15) is 30.3 Å². The van der Waals surface area contributed by atoms with Crippen LogP contribution in [-0.2, 0) is 11.8 Å². The number of aromatic nitrogens is 3. The zero-order valence-electron chi connectivity index (χ0n) is 12.6. The van der Waals surface area contributed by atoms with Crippen LogP contribution in [0.5, 0.6) is 0 Å². The maximum absolute atomic E-state index is 9.14. The number of hydrogen-bond acceptors (Lipinski definition) is 5. The summed E-state index contributed by atoms with van der Waals surface area (Å²) in [5, 5.41) is 12.5. The first-order valence-electron chi connectivity index (χ1n) is 7.46. The molecular weight excluding hydrogens is 278 g/mol. The summed E-state index contributed by atoms with van der Waals surface area (Å²) in [5.74, 6) is 1.28. The van der Waals surface area contributed by atoms with Crippen molar-refractivity contribution in [1.82, 2.24) is 14.5 Å². The highest BCUT2D eigenvalue weighted by molar-refractivity contribution is 5.55. The van der Waals surface area contributed by atoms with Gasteiger partial charge in [-0.1, -0.05) is 0 Å². The maximum atomic E-state index is 9.14. The molecule has 22 heavy (non-hydrogen) atoms. The van der Waals surface area contributed by atoms with Crippen LogP contribution in [-0.4, -0.2) is 27.7 Å². The zero-order valence-corrected chi connectivity index (χ0v) is 12.6. The van der Waals surface area contributed by atoms with Crippen LogP contribution in [0.25, 0.3) is 0 Å². The van der Waals surface area contributed by atoms with Gasteiger partial charge in [-0.15, -0.1) is 0 Å². The number of pyridine rings is 1. The van der Waals surface area contributed by atoms with E-state index in [1.165, 1.54) is 0 Å². The molecule has 6 heteroatoms. The van der Waals surface area contributed by atoms with E-state index in [0.29, 0.717) is 11.5 Å². The second-order valence-electron chi connectivity index (χ2n) is 5.50. The fourth-order valence-corrected chi connectivity index (χ4v) is 2.86. The molecule has 1 aliphatic rings. The number of nitriles is 1. The van der Waals surface area contributed by atoms with Gasteiger partial charge in [-0.3, -0.25) is 4.98 Å². The van der Waals surface area contributed by atoms with E-state index in [1.54, 1.807) is 24.7 Å². The van der Waals surface area contributed by atoms with Gasteiger partial charge >= 0.3 is 0 Å². The Morgan fingerprint density at radius 1 is 1.50 bits per heavy atom. The first-order chi connectivity index (χ1) is 10.8. The van der Waals surface area contributed by atoms with Crippen LogP contribution in [0.15, 0.2) is 30.9 Å². The highest BCUT2D eigenvalue weighted by Gasteiger charge is 2.30. The monoisotopic (exact) mass is 297 g/mol. The number of nitrogens with zero attached hydrogens (tertiary/aromatic N) is 4. The van der Waals surface area contributed by atoms with E-state index in [0.717, 1.165) is 37.5 Å². The fraction of sp³-hybridized carbons (Fsp3) is 0.438. The van der Waals surface area contributed by atoms with Crippen molar-refractivity contribution >= 4 is 5.69 Å². The Morgan fingerprint density at radius 2 is 2.41 bits per heavy atom. The van der Waals surface area contributed by atoms with Gasteiger partial charge < -0.3 is 14.6 Å². The average molecular weight is 297 g/mol. The smallest absolute Gasteiger partial charge is 0.138 e. The summed E-state index contributed by atoms with van der Waals surface area (Å²) in [6.45, 7) is 1.50. The van der Waals surface area contributed by atoms with Crippen LogP contribution >= 0.6 is 0 Å². The first-order valence-corrected chi connectivity index (χ1v) is 7.46. The van der Waals surface area contributed by atoms with E-state index in [9.17, 15) is 0 Å². The lowest BCUT2D eigenvalue weighted by atomic mass is 9.93. The average Bonchev–Trinajstić information content (AvgIpc) is 2.99. The Balaban J connectivity index is 1.73. The van der Waals surface area contributed by atoms with E-state index >= 15 is 0 Å². The summed E-state index contributed by atoms with van der Waals surface area (Å²) < 4.78 is 7.96. The van der Waals surface area contributed by atoms with Crippen molar-refractivity contribution in [3.05, 3.63) is 42.2 Å². The number of hydrogen-bond donors (Lipinski definition) is 1. The van der Waals surface area contributed by atoms with E-state index < -0.39 is 0 Å². The van der Waals surface area contributed by atoms with Crippen molar-refractivity contribution in [2.45, 2.75) is 18.9 Å². The lowest BCUT2D eigenvalue weighted by molar-refractivity contribution is -0.0304. The quantitative estimate of drug-likeness (QED) is 0.937. The fourth-order valence-electron chi connectivity index (χ4n) is 2.86. The van der Waals surface area contributed by atoms with Crippen LogP contribution < -0.4 is 5.32 Å². The third kappa shape index (κ3) is 2.95. The van der Waals surface area contributed by atoms with E-state index in [4.69, 9.17) is 10.00 Å². The number of aryl methyl sites for hydroxylation is 1. The molecule has 2 aromatic rings. The normalized spacial score (nSPS) is 21.3. The topological polar surface area (TPSA) is 75.8 Å². The van der Waals surface area contributed by atoms with Crippen LogP contribution in [0, 0.1) is 17.2 Å². The first kappa shape index (κ1) is 14.5. The number of rotatable bonds is 4. The largest absolute Gasteiger partial charge is 0.382 e. The minimum atomic E-state index is -0.0107. The van der Waals surface area contributed by atoms with E-state index in [1.807, 2.05) is 17.8 Å². The van der Waals surface area contributed by atoms with Gasteiger partial charge in [0, 0.05) is 44.7 Å². The second-order valence-corrected chi connectivity index (χ2v) is 5.50. The molecule has 3 rings (SSSR count). The molecule has 0 unspecified atom stereocenters. The Kier molecular flexibility index (Phi) is 4.35. The Hall–Kier alpha value is -2.39. The third-order valence-electron chi connectivity index (χ3n) is 4.05. The molecule has 0 aromatic carbocycles. The van der Waals surface area contributed by atoms with Crippen LogP contribution in [0.2, 0.25) is 0 Å².